The first-order valence-corrected chi connectivity index (χ1v) is 6.95. The summed E-state index contributed by atoms with van der Waals surface area (Å²) in [5, 5.41) is 9.50. The van der Waals surface area contributed by atoms with Crippen LogP contribution in [0.15, 0.2) is 48.5 Å². The molecule has 0 bridgehead atoms. The van der Waals surface area contributed by atoms with Crippen molar-refractivity contribution in [3.8, 4) is 0 Å². The molecule has 0 fully saturated rings. The maximum absolute atomic E-state index is 11.4. The van der Waals surface area contributed by atoms with Gasteiger partial charge < -0.3 is 14.4 Å². The van der Waals surface area contributed by atoms with E-state index in [1.807, 2.05) is 41.0 Å². The fourth-order valence-electron chi connectivity index (χ4n) is 2.47. The number of rotatable bonds is 4. The molecule has 0 aliphatic carbocycles. The van der Waals surface area contributed by atoms with Gasteiger partial charge in [0.1, 0.15) is 12.4 Å². The van der Waals surface area contributed by atoms with Crippen LogP contribution in [0, 0.1) is 0 Å². The Labute approximate surface area is 127 Å². The summed E-state index contributed by atoms with van der Waals surface area (Å²) >= 11 is 0. The number of aliphatic hydroxyl groups is 1. The van der Waals surface area contributed by atoms with E-state index in [-0.39, 0.29) is 12.6 Å². The van der Waals surface area contributed by atoms with Crippen LogP contribution in [0.5, 0.6) is 0 Å². The first-order valence-electron chi connectivity index (χ1n) is 6.95. The van der Waals surface area contributed by atoms with E-state index >= 15 is 0 Å². The summed E-state index contributed by atoms with van der Waals surface area (Å²) in [4.78, 5) is 15.9. The Hall–Kier alpha value is -2.66. The van der Waals surface area contributed by atoms with Crippen LogP contribution in [0.4, 0.5) is 0 Å². The second kappa shape index (κ2) is 5.99. The molecule has 0 aliphatic rings. The predicted molar refractivity (Wildman–Crippen MR) is 82.5 cm³/mol. The summed E-state index contributed by atoms with van der Waals surface area (Å²) in [6.07, 6.45) is 0. The van der Waals surface area contributed by atoms with Gasteiger partial charge >= 0.3 is 5.97 Å². The molecule has 0 unspecified atom stereocenters. The summed E-state index contributed by atoms with van der Waals surface area (Å²) in [7, 11) is 1.36. The Morgan fingerprint density at radius 3 is 2.59 bits per heavy atom. The number of methoxy groups -OCH3 is 1. The molecule has 112 valence electrons. The van der Waals surface area contributed by atoms with Gasteiger partial charge in [-0.05, 0) is 29.8 Å². The number of hydrogen-bond acceptors (Lipinski definition) is 4. The van der Waals surface area contributed by atoms with Gasteiger partial charge in [0.2, 0.25) is 0 Å². The van der Waals surface area contributed by atoms with Gasteiger partial charge in [-0.2, -0.15) is 0 Å². The number of carbonyl (C=O) groups is 1. The van der Waals surface area contributed by atoms with Gasteiger partial charge in [0, 0.05) is 6.54 Å². The third kappa shape index (κ3) is 2.58. The number of benzene rings is 2. The molecular weight excluding hydrogens is 280 g/mol. The van der Waals surface area contributed by atoms with Crippen molar-refractivity contribution in [1.29, 1.82) is 0 Å². The molecule has 2 aromatic carbocycles. The minimum absolute atomic E-state index is 0.116. The average molecular weight is 296 g/mol. The van der Waals surface area contributed by atoms with E-state index in [4.69, 9.17) is 0 Å². The maximum Gasteiger partial charge on any atom is 0.337 e. The molecular formula is C17H16N2O3. The Bertz CT molecular complexity index is 806. The molecule has 22 heavy (non-hydrogen) atoms. The van der Waals surface area contributed by atoms with Gasteiger partial charge in [-0.1, -0.05) is 24.3 Å². The molecule has 1 aromatic heterocycles. The van der Waals surface area contributed by atoms with Crippen LogP contribution in [-0.2, 0) is 17.9 Å². The van der Waals surface area contributed by atoms with Gasteiger partial charge in [0.15, 0.2) is 0 Å². The third-order valence-electron chi connectivity index (χ3n) is 3.59. The molecule has 0 spiro atoms. The van der Waals surface area contributed by atoms with Crippen molar-refractivity contribution in [2.24, 2.45) is 0 Å². The largest absolute Gasteiger partial charge is 0.465 e. The quantitative estimate of drug-likeness (QED) is 0.751. The molecule has 0 saturated carbocycles. The van der Waals surface area contributed by atoms with Crippen molar-refractivity contribution in [3.63, 3.8) is 0 Å². The molecule has 0 saturated heterocycles. The molecule has 3 rings (SSSR count). The van der Waals surface area contributed by atoms with Crippen molar-refractivity contribution in [2.75, 3.05) is 7.11 Å². The number of esters is 1. The molecule has 0 aliphatic heterocycles. The molecule has 5 nitrogen and oxygen atoms in total. The van der Waals surface area contributed by atoms with Crippen LogP contribution in [0.3, 0.4) is 0 Å². The van der Waals surface area contributed by atoms with Crippen molar-refractivity contribution >= 4 is 17.0 Å². The zero-order valence-corrected chi connectivity index (χ0v) is 12.2. The fourth-order valence-corrected chi connectivity index (χ4v) is 2.47. The highest BCUT2D eigenvalue weighted by Crippen LogP contribution is 2.18. The minimum Gasteiger partial charge on any atom is -0.465 e. The second-order valence-corrected chi connectivity index (χ2v) is 4.95. The fraction of sp³-hybridized carbons (Fsp3) is 0.176. The highest BCUT2D eigenvalue weighted by Gasteiger charge is 2.10. The molecule has 3 aromatic rings. The molecule has 0 amide bonds. The van der Waals surface area contributed by atoms with Crippen LogP contribution >= 0.6 is 0 Å². The lowest BCUT2D eigenvalue weighted by Crippen LogP contribution is -2.06. The number of aliphatic hydroxyl groups excluding tert-OH is 1. The van der Waals surface area contributed by atoms with Crippen LogP contribution in [0.1, 0.15) is 21.7 Å². The Morgan fingerprint density at radius 1 is 1.18 bits per heavy atom. The SMILES string of the molecule is COC(=O)c1ccc(Cn2c(CO)nc3ccccc32)cc1. The minimum atomic E-state index is -0.351. The second-order valence-electron chi connectivity index (χ2n) is 4.95. The van der Waals surface area contributed by atoms with Crippen molar-refractivity contribution < 1.29 is 14.6 Å². The lowest BCUT2D eigenvalue weighted by molar-refractivity contribution is 0.0600. The van der Waals surface area contributed by atoms with Gasteiger partial charge in [-0.25, -0.2) is 9.78 Å². The third-order valence-corrected chi connectivity index (χ3v) is 3.59. The zero-order chi connectivity index (χ0) is 15.5. The number of ether oxygens (including phenoxy) is 1. The summed E-state index contributed by atoms with van der Waals surface area (Å²) in [5.41, 5.74) is 3.37. The van der Waals surface area contributed by atoms with Crippen molar-refractivity contribution in [2.45, 2.75) is 13.2 Å². The monoisotopic (exact) mass is 296 g/mol. The molecule has 0 atom stereocenters. The topological polar surface area (TPSA) is 64.3 Å². The smallest absolute Gasteiger partial charge is 0.337 e. The van der Waals surface area contributed by atoms with Gasteiger partial charge in [-0.3, -0.25) is 0 Å². The van der Waals surface area contributed by atoms with E-state index in [9.17, 15) is 9.90 Å². The maximum atomic E-state index is 11.4. The van der Waals surface area contributed by atoms with E-state index in [1.165, 1.54) is 7.11 Å². The summed E-state index contributed by atoms with van der Waals surface area (Å²) in [6.45, 7) is 0.465. The lowest BCUT2D eigenvalue weighted by atomic mass is 10.1. The summed E-state index contributed by atoms with van der Waals surface area (Å²) in [6, 6.07) is 15.0. The number of imidazole rings is 1. The zero-order valence-electron chi connectivity index (χ0n) is 12.2. The molecule has 1 N–H and O–H groups in total. The van der Waals surface area contributed by atoms with Crippen molar-refractivity contribution in [1.82, 2.24) is 9.55 Å². The highest BCUT2D eigenvalue weighted by atomic mass is 16.5. The number of hydrogen-bond donors (Lipinski definition) is 1. The van der Waals surface area contributed by atoms with Crippen LogP contribution in [0.2, 0.25) is 0 Å². The Morgan fingerprint density at radius 2 is 1.91 bits per heavy atom. The van der Waals surface area contributed by atoms with Gasteiger partial charge in [0.05, 0.1) is 23.7 Å². The summed E-state index contributed by atoms with van der Waals surface area (Å²) in [5.74, 6) is 0.272. The van der Waals surface area contributed by atoms with E-state index < -0.39 is 0 Å². The standard InChI is InChI=1S/C17H16N2O3/c1-22-17(21)13-8-6-12(7-9-13)10-19-15-5-3-2-4-14(15)18-16(19)11-20/h2-9,20H,10-11H2,1H3. The first-order chi connectivity index (χ1) is 10.7. The Kier molecular flexibility index (Phi) is 3.89. The number of nitrogens with zero attached hydrogens (tertiary/aromatic N) is 2. The number of aromatic nitrogens is 2. The number of para-hydroxylation sites is 2. The van der Waals surface area contributed by atoms with Crippen LogP contribution < -0.4 is 0 Å². The molecule has 1 heterocycles. The highest BCUT2D eigenvalue weighted by molar-refractivity contribution is 5.89. The van der Waals surface area contributed by atoms with E-state index in [0.717, 1.165) is 16.6 Å². The van der Waals surface area contributed by atoms with E-state index in [0.29, 0.717) is 17.9 Å². The van der Waals surface area contributed by atoms with Gasteiger partial charge in [-0.15, -0.1) is 0 Å². The van der Waals surface area contributed by atoms with Crippen molar-refractivity contribution in [3.05, 3.63) is 65.5 Å². The number of carbonyl (C=O) groups excluding carboxylic acids is 1. The van der Waals surface area contributed by atoms with Crippen LogP contribution in [-0.4, -0.2) is 27.7 Å². The van der Waals surface area contributed by atoms with Crippen LogP contribution in [0.25, 0.3) is 11.0 Å². The van der Waals surface area contributed by atoms with Gasteiger partial charge in [0.25, 0.3) is 0 Å². The summed E-state index contributed by atoms with van der Waals surface area (Å²) < 4.78 is 6.66. The first kappa shape index (κ1) is 14.3. The van der Waals surface area contributed by atoms with E-state index in [1.54, 1.807) is 12.1 Å². The molecule has 5 heteroatoms. The number of fused-ring (bicyclic) bond motifs is 1. The lowest BCUT2D eigenvalue weighted by Gasteiger charge is -2.08. The normalized spacial score (nSPS) is 10.8. The average Bonchev–Trinajstić information content (AvgIpc) is 2.93. The predicted octanol–water partition coefficient (Wildman–Crippen LogP) is 2.36. The molecule has 0 radical (unpaired) electrons. The van der Waals surface area contributed by atoms with E-state index in [2.05, 4.69) is 9.72 Å². The Balaban J connectivity index is 1.94.